The molecule has 7 nitrogen and oxygen atoms in total. The van der Waals surface area contributed by atoms with Crippen molar-refractivity contribution in [1.82, 2.24) is 4.98 Å². The van der Waals surface area contributed by atoms with Crippen LogP contribution < -0.4 is 14.8 Å². The van der Waals surface area contributed by atoms with Crippen LogP contribution in [0.4, 0.5) is 10.8 Å². The van der Waals surface area contributed by atoms with Crippen LogP contribution in [0.15, 0.2) is 69.9 Å². The summed E-state index contributed by atoms with van der Waals surface area (Å²) >= 11 is 2.61. The Morgan fingerprint density at radius 2 is 1.83 bits per heavy atom. The molecule has 0 saturated carbocycles. The summed E-state index contributed by atoms with van der Waals surface area (Å²) in [6.45, 7) is 1.81. The summed E-state index contributed by atoms with van der Waals surface area (Å²) < 4.78 is 32.2. The summed E-state index contributed by atoms with van der Waals surface area (Å²) in [7, 11) is -2.12. The van der Waals surface area contributed by atoms with Crippen LogP contribution in [0.25, 0.3) is 0 Å². The van der Waals surface area contributed by atoms with E-state index in [-0.39, 0.29) is 16.1 Å². The fourth-order valence-corrected chi connectivity index (χ4v) is 4.98. The van der Waals surface area contributed by atoms with E-state index in [2.05, 4.69) is 15.0 Å². The molecular weight excluding hydrogens is 430 g/mol. The van der Waals surface area contributed by atoms with Crippen molar-refractivity contribution < 1.29 is 17.9 Å². The Hall–Kier alpha value is -2.56. The molecule has 0 spiro atoms. The number of anilines is 2. The second-order valence-electron chi connectivity index (χ2n) is 5.89. The van der Waals surface area contributed by atoms with E-state index >= 15 is 0 Å². The minimum absolute atomic E-state index is 0.0892. The van der Waals surface area contributed by atoms with Crippen molar-refractivity contribution in [3.05, 3.63) is 60.1 Å². The van der Waals surface area contributed by atoms with Gasteiger partial charge in [0, 0.05) is 22.2 Å². The Kier molecular flexibility index (Phi) is 6.78. The largest absolute Gasteiger partial charge is 0.497 e. The van der Waals surface area contributed by atoms with Gasteiger partial charge in [-0.25, -0.2) is 13.4 Å². The van der Waals surface area contributed by atoms with Crippen molar-refractivity contribution in [2.75, 3.05) is 17.1 Å². The topological polar surface area (TPSA) is 97.4 Å². The molecule has 3 aromatic rings. The number of thiazole rings is 1. The van der Waals surface area contributed by atoms with E-state index in [4.69, 9.17) is 4.74 Å². The van der Waals surface area contributed by atoms with Crippen LogP contribution in [0.2, 0.25) is 0 Å². The SMILES string of the molecule is COc1ccc(S[C@H](C)C(=O)Nc2ccc(S(=O)(=O)Nc3nccs3)cc2)cc1. The molecule has 0 aliphatic rings. The third kappa shape index (κ3) is 5.72. The lowest BCUT2D eigenvalue weighted by molar-refractivity contribution is -0.115. The molecule has 152 valence electrons. The molecule has 0 aliphatic carbocycles. The van der Waals surface area contributed by atoms with E-state index < -0.39 is 10.0 Å². The standard InChI is InChI=1S/C19H19N3O4S3/c1-13(28-16-7-5-15(26-2)6-8-16)18(23)21-14-3-9-17(10-4-14)29(24,25)22-19-20-11-12-27-19/h3-13H,1-2H3,(H,20,22)(H,21,23)/t13-/m1/s1. The van der Waals surface area contributed by atoms with Gasteiger partial charge in [-0.3, -0.25) is 9.52 Å². The molecule has 1 atom stereocenters. The average Bonchev–Trinajstić information content (AvgIpc) is 3.21. The Morgan fingerprint density at radius 1 is 1.14 bits per heavy atom. The second-order valence-corrected chi connectivity index (χ2v) is 9.88. The predicted molar refractivity (Wildman–Crippen MR) is 116 cm³/mol. The molecule has 2 aromatic carbocycles. The van der Waals surface area contributed by atoms with E-state index in [1.807, 2.05) is 24.3 Å². The van der Waals surface area contributed by atoms with E-state index in [0.29, 0.717) is 10.8 Å². The number of amides is 1. The van der Waals surface area contributed by atoms with Crippen molar-refractivity contribution in [1.29, 1.82) is 0 Å². The van der Waals surface area contributed by atoms with E-state index in [9.17, 15) is 13.2 Å². The fraction of sp³-hybridized carbons (Fsp3) is 0.158. The molecule has 1 amide bonds. The number of nitrogens with zero attached hydrogens (tertiary/aromatic N) is 1. The van der Waals surface area contributed by atoms with Gasteiger partial charge >= 0.3 is 0 Å². The molecule has 0 saturated heterocycles. The van der Waals surface area contributed by atoms with Crippen LogP contribution in [-0.2, 0) is 14.8 Å². The third-order valence-corrected chi connectivity index (χ3v) is 7.11. The summed E-state index contributed by atoms with van der Waals surface area (Å²) in [5.41, 5.74) is 0.519. The number of rotatable bonds is 8. The van der Waals surface area contributed by atoms with Crippen LogP contribution in [0.3, 0.4) is 0 Å². The zero-order chi connectivity index (χ0) is 20.9. The Balaban J connectivity index is 1.60. The van der Waals surface area contributed by atoms with Crippen LogP contribution in [0, 0.1) is 0 Å². The number of ether oxygens (including phenoxy) is 1. The zero-order valence-corrected chi connectivity index (χ0v) is 18.1. The van der Waals surface area contributed by atoms with Crippen molar-refractivity contribution in [2.45, 2.75) is 22.0 Å². The lowest BCUT2D eigenvalue weighted by Crippen LogP contribution is -2.22. The fourth-order valence-electron chi connectivity index (χ4n) is 2.32. The van der Waals surface area contributed by atoms with Crippen molar-refractivity contribution >= 4 is 49.8 Å². The molecule has 0 fully saturated rings. The minimum atomic E-state index is -3.72. The molecule has 0 aliphatic heterocycles. The first-order chi connectivity index (χ1) is 13.9. The van der Waals surface area contributed by atoms with Crippen molar-refractivity contribution in [3.8, 4) is 5.75 Å². The number of carbonyl (C=O) groups is 1. The van der Waals surface area contributed by atoms with Gasteiger partial charge < -0.3 is 10.1 Å². The summed E-state index contributed by atoms with van der Waals surface area (Å²) in [6, 6.07) is 13.4. The van der Waals surface area contributed by atoms with Crippen molar-refractivity contribution in [2.24, 2.45) is 0 Å². The lowest BCUT2D eigenvalue weighted by Gasteiger charge is -2.13. The van der Waals surface area contributed by atoms with Crippen LogP contribution in [0.1, 0.15) is 6.92 Å². The number of sulfonamides is 1. The third-order valence-electron chi connectivity index (χ3n) is 3.83. The second kappa shape index (κ2) is 9.29. The monoisotopic (exact) mass is 449 g/mol. The number of carbonyl (C=O) groups excluding carboxylic acids is 1. The van der Waals surface area contributed by atoms with Gasteiger partial charge in [0.1, 0.15) is 5.75 Å². The van der Waals surface area contributed by atoms with Gasteiger partial charge in [-0.2, -0.15) is 0 Å². The highest BCUT2D eigenvalue weighted by molar-refractivity contribution is 8.00. The molecule has 29 heavy (non-hydrogen) atoms. The number of methoxy groups -OCH3 is 1. The maximum atomic E-state index is 12.4. The molecule has 1 heterocycles. The number of hydrogen-bond donors (Lipinski definition) is 2. The predicted octanol–water partition coefficient (Wildman–Crippen LogP) is 4.07. The molecule has 3 rings (SSSR count). The minimum Gasteiger partial charge on any atom is -0.497 e. The number of thioether (sulfide) groups is 1. The van der Waals surface area contributed by atoms with Gasteiger partial charge in [-0.05, 0) is 55.5 Å². The van der Waals surface area contributed by atoms with Crippen LogP contribution in [-0.4, -0.2) is 31.7 Å². The molecule has 0 unspecified atom stereocenters. The zero-order valence-electron chi connectivity index (χ0n) is 15.7. The van der Waals surface area contributed by atoms with Crippen molar-refractivity contribution in [3.63, 3.8) is 0 Å². The molecular formula is C19H19N3O4S3. The number of hydrogen-bond acceptors (Lipinski definition) is 7. The first-order valence-corrected chi connectivity index (χ1v) is 11.8. The van der Waals surface area contributed by atoms with Crippen LogP contribution >= 0.6 is 23.1 Å². The molecule has 10 heteroatoms. The highest BCUT2D eigenvalue weighted by Gasteiger charge is 2.17. The Morgan fingerprint density at radius 3 is 2.41 bits per heavy atom. The summed E-state index contributed by atoms with van der Waals surface area (Å²) in [5, 5.41) is 4.44. The molecule has 2 N–H and O–H groups in total. The smallest absolute Gasteiger partial charge is 0.263 e. The van der Waals surface area contributed by atoms with E-state index in [0.717, 1.165) is 10.6 Å². The van der Waals surface area contributed by atoms with Gasteiger partial charge in [-0.1, -0.05) is 0 Å². The quantitative estimate of drug-likeness (QED) is 0.503. The molecule has 1 aromatic heterocycles. The normalized spacial score (nSPS) is 12.2. The summed E-state index contributed by atoms with van der Waals surface area (Å²) in [4.78, 5) is 17.4. The van der Waals surface area contributed by atoms with Crippen LogP contribution in [0.5, 0.6) is 5.75 Å². The average molecular weight is 450 g/mol. The Labute approximate surface area is 177 Å². The summed E-state index contributed by atoms with van der Waals surface area (Å²) in [6.07, 6.45) is 1.52. The molecule has 0 radical (unpaired) electrons. The lowest BCUT2D eigenvalue weighted by atomic mass is 10.3. The Bertz CT molecular complexity index is 1050. The highest BCUT2D eigenvalue weighted by atomic mass is 32.2. The van der Waals surface area contributed by atoms with Gasteiger partial charge in [0.15, 0.2) is 5.13 Å². The van der Waals surface area contributed by atoms with Gasteiger partial charge in [0.2, 0.25) is 5.91 Å². The van der Waals surface area contributed by atoms with Gasteiger partial charge in [0.25, 0.3) is 10.0 Å². The van der Waals surface area contributed by atoms with Gasteiger partial charge in [0.05, 0.1) is 17.3 Å². The first kappa shape index (κ1) is 21.2. The summed E-state index contributed by atoms with van der Waals surface area (Å²) in [5.74, 6) is 0.577. The number of aromatic nitrogens is 1. The van der Waals surface area contributed by atoms with Gasteiger partial charge in [-0.15, -0.1) is 23.1 Å². The van der Waals surface area contributed by atoms with E-state index in [1.165, 1.54) is 41.4 Å². The first-order valence-electron chi connectivity index (χ1n) is 8.51. The molecule has 0 bridgehead atoms. The highest BCUT2D eigenvalue weighted by Crippen LogP contribution is 2.26. The number of benzene rings is 2. The van der Waals surface area contributed by atoms with E-state index in [1.54, 1.807) is 31.5 Å². The maximum absolute atomic E-state index is 12.4. The maximum Gasteiger partial charge on any atom is 0.263 e. The number of nitrogens with one attached hydrogen (secondary N) is 2.